The summed E-state index contributed by atoms with van der Waals surface area (Å²) in [4.78, 5) is 25.0. The summed E-state index contributed by atoms with van der Waals surface area (Å²) in [6, 6.07) is 7.02. The van der Waals surface area contributed by atoms with Gasteiger partial charge in [-0.05, 0) is 25.5 Å². The minimum atomic E-state index is -0.958. The number of amides is 2. The third-order valence-electron chi connectivity index (χ3n) is 4.45. The van der Waals surface area contributed by atoms with Gasteiger partial charge in [0.2, 0.25) is 0 Å². The van der Waals surface area contributed by atoms with Gasteiger partial charge in [0.05, 0.1) is 11.1 Å². The molecular weight excluding hydrogens is 341 g/mol. The number of anilines is 1. The summed E-state index contributed by atoms with van der Waals surface area (Å²) in [5.74, 6) is -1.38. The number of aromatic nitrogens is 2. The first-order chi connectivity index (χ1) is 12.3. The van der Waals surface area contributed by atoms with Gasteiger partial charge in [0.15, 0.2) is 5.82 Å². The number of hydrogen-bond donors (Lipinski definition) is 2. The monoisotopic (exact) mass is 357 g/mol. The number of likely N-dealkylation sites (tertiary alicyclic amines) is 1. The number of nitrogens with one attached hydrogen (secondary N) is 1. The largest absolute Gasteiger partial charge is 0.481 e. The second-order valence-electron chi connectivity index (χ2n) is 6.36. The van der Waals surface area contributed by atoms with Gasteiger partial charge in [0, 0.05) is 25.4 Å². The van der Waals surface area contributed by atoms with Crippen LogP contribution >= 0.6 is 0 Å². The van der Waals surface area contributed by atoms with E-state index in [1.54, 1.807) is 19.1 Å². The van der Waals surface area contributed by atoms with Gasteiger partial charge in [-0.3, -0.25) is 10.1 Å². The number of benzene rings is 1. The van der Waals surface area contributed by atoms with Crippen LogP contribution in [0, 0.1) is 22.6 Å². The van der Waals surface area contributed by atoms with Gasteiger partial charge in [-0.15, -0.1) is 5.10 Å². The first-order valence-corrected chi connectivity index (χ1v) is 7.88. The first-order valence-electron chi connectivity index (χ1n) is 7.88. The minimum Gasteiger partial charge on any atom is -0.481 e. The molecular formula is C17H16FN5O3. The molecule has 2 heterocycles. The zero-order valence-corrected chi connectivity index (χ0v) is 13.9. The maximum absolute atomic E-state index is 13.7. The lowest BCUT2D eigenvalue weighted by Crippen LogP contribution is -2.37. The highest BCUT2D eigenvalue weighted by Gasteiger charge is 2.42. The zero-order valence-electron chi connectivity index (χ0n) is 13.9. The summed E-state index contributed by atoms with van der Waals surface area (Å²) in [5, 5.41) is 25.1. The molecule has 1 saturated heterocycles. The number of carbonyl (C=O) groups is 2. The molecule has 3 rings (SSSR count). The fourth-order valence-corrected chi connectivity index (χ4v) is 2.84. The predicted octanol–water partition coefficient (Wildman–Crippen LogP) is 2.21. The SMILES string of the molecule is CC1(C(=O)O)CCN(C(=O)Nc2ccn(-c3cccc(F)c3C#N)n2)C1. The average Bonchev–Trinajstić information content (AvgIpc) is 3.22. The van der Waals surface area contributed by atoms with Gasteiger partial charge in [-0.1, -0.05) is 6.07 Å². The molecule has 2 aromatic rings. The van der Waals surface area contributed by atoms with Crippen molar-refractivity contribution in [3.8, 4) is 11.8 Å². The minimum absolute atomic E-state index is 0.108. The standard InChI is InChI=1S/C17H16FN5O3/c1-17(15(24)25)6-8-22(10-17)16(26)20-14-5-7-23(21-14)13-4-2-3-12(18)11(13)9-19/h2-5,7H,6,8,10H2,1H3,(H,24,25)(H,20,21,26). The van der Waals surface area contributed by atoms with E-state index >= 15 is 0 Å². The fraction of sp³-hybridized carbons (Fsp3) is 0.294. The van der Waals surface area contributed by atoms with Crippen LogP contribution in [0.2, 0.25) is 0 Å². The van der Waals surface area contributed by atoms with Crippen molar-refractivity contribution < 1.29 is 19.1 Å². The Morgan fingerprint density at radius 3 is 2.85 bits per heavy atom. The first kappa shape index (κ1) is 17.4. The quantitative estimate of drug-likeness (QED) is 0.875. The van der Waals surface area contributed by atoms with E-state index in [1.165, 1.54) is 34.0 Å². The predicted molar refractivity (Wildman–Crippen MR) is 89.2 cm³/mol. The Hall–Kier alpha value is -3.41. The Balaban J connectivity index is 1.74. The number of carboxylic acid groups (broad SMARTS) is 1. The highest BCUT2D eigenvalue weighted by molar-refractivity contribution is 5.89. The molecule has 0 bridgehead atoms. The number of carbonyl (C=O) groups excluding carboxylic acids is 1. The Morgan fingerprint density at radius 1 is 1.42 bits per heavy atom. The van der Waals surface area contributed by atoms with Crippen LogP contribution in [0.3, 0.4) is 0 Å². The van der Waals surface area contributed by atoms with E-state index in [-0.39, 0.29) is 23.6 Å². The lowest BCUT2D eigenvalue weighted by Gasteiger charge is -2.20. The van der Waals surface area contributed by atoms with E-state index in [4.69, 9.17) is 5.26 Å². The molecule has 1 aliphatic heterocycles. The van der Waals surface area contributed by atoms with E-state index < -0.39 is 23.2 Å². The van der Waals surface area contributed by atoms with E-state index in [0.717, 1.165) is 0 Å². The second-order valence-corrected chi connectivity index (χ2v) is 6.36. The maximum Gasteiger partial charge on any atom is 0.323 e. The van der Waals surface area contributed by atoms with E-state index in [0.29, 0.717) is 13.0 Å². The van der Waals surface area contributed by atoms with Crippen molar-refractivity contribution in [3.63, 3.8) is 0 Å². The fourth-order valence-electron chi connectivity index (χ4n) is 2.84. The summed E-state index contributed by atoms with van der Waals surface area (Å²) < 4.78 is 15.0. The van der Waals surface area contributed by atoms with Crippen LogP contribution in [-0.4, -0.2) is 44.9 Å². The van der Waals surface area contributed by atoms with E-state index in [2.05, 4.69) is 10.4 Å². The van der Waals surface area contributed by atoms with Crippen LogP contribution in [0.1, 0.15) is 18.9 Å². The van der Waals surface area contributed by atoms with Crippen molar-refractivity contribution in [2.75, 3.05) is 18.4 Å². The molecule has 134 valence electrons. The number of carboxylic acids is 1. The van der Waals surface area contributed by atoms with Crippen LogP contribution in [0.5, 0.6) is 0 Å². The molecule has 26 heavy (non-hydrogen) atoms. The molecule has 0 spiro atoms. The van der Waals surface area contributed by atoms with Crippen LogP contribution in [0.4, 0.5) is 15.0 Å². The van der Waals surface area contributed by atoms with Crippen LogP contribution in [-0.2, 0) is 4.79 Å². The van der Waals surface area contributed by atoms with Gasteiger partial charge in [0.25, 0.3) is 0 Å². The number of nitriles is 1. The summed E-state index contributed by atoms with van der Waals surface area (Å²) in [6.07, 6.45) is 1.87. The van der Waals surface area contributed by atoms with Crippen molar-refractivity contribution in [2.45, 2.75) is 13.3 Å². The number of hydrogen-bond acceptors (Lipinski definition) is 4. The topological polar surface area (TPSA) is 111 Å². The second kappa shape index (κ2) is 6.48. The molecule has 1 fully saturated rings. The molecule has 1 aromatic carbocycles. The molecule has 1 atom stereocenters. The third kappa shape index (κ3) is 3.09. The molecule has 2 N–H and O–H groups in total. The Morgan fingerprint density at radius 2 is 2.19 bits per heavy atom. The summed E-state index contributed by atoms with van der Waals surface area (Å²) in [6.45, 7) is 2.04. The molecule has 0 aliphatic carbocycles. The summed E-state index contributed by atoms with van der Waals surface area (Å²) in [5.41, 5.74) is -0.849. The van der Waals surface area contributed by atoms with Crippen LogP contribution < -0.4 is 5.32 Å². The van der Waals surface area contributed by atoms with Crippen molar-refractivity contribution in [2.24, 2.45) is 5.41 Å². The Kier molecular flexibility index (Phi) is 4.34. The molecule has 8 nitrogen and oxygen atoms in total. The van der Waals surface area contributed by atoms with Crippen molar-refractivity contribution in [1.82, 2.24) is 14.7 Å². The van der Waals surface area contributed by atoms with Crippen LogP contribution in [0.25, 0.3) is 5.69 Å². The molecule has 1 aliphatic rings. The van der Waals surface area contributed by atoms with Crippen molar-refractivity contribution in [3.05, 3.63) is 41.8 Å². The summed E-state index contributed by atoms with van der Waals surface area (Å²) >= 11 is 0. The normalized spacial score (nSPS) is 19.2. The van der Waals surface area contributed by atoms with E-state index in [1.807, 2.05) is 0 Å². The van der Waals surface area contributed by atoms with Gasteiger partial charge in [-0.25, -0.2) is 13.9 Å². The number of rotatable bonds is 3. The Labute approximate surface area is 148 Å². The van der Waals surface area contributed by atoms with Gasteiger partial charge in [-0.2, -0.15) is 5.26 Å². The molecule has 1 aromatic heterocycles. The number of aliphatic carboxylic acids is 1. The van der Waals surface area contributed by atoms with Crippen molar-refractivity contribution in [1.29, 1.82) is 5.26 Å². The maximum atomic E-state index is 13.7. The average molecular weight is 357 g/mol. The zero-order chi connectivity index (χ0) is 18.9. The van der Waals surface area contributed by atoms with Gasteiger partial charge < -0.3 is 10.0 Å². The number of urea groups is 1. The molecule has 0 saturated carbocycles. The number of nitrogens with zero attached hydrogens (tertiary/aromatic N) is 4. The molecule has 1 unspecified atom stereocenters. The number of halogens is 1. The van der Waals surface area contributed by atoms with Crippen molar-refractivity contribution >= 4 is 17.8 Å². The highest BCUT2D eigenvalue weighted by Crippen LogP contribution is 2.30. The van der Waals surface area contributed by atoms with E-state index in [9.17, 15) is 19.1 Å². The third-order valence-corrected chi connectivity index (χ3v) is 4.45. The van der Waals surface area contributed by atoms with Gasteiger partial charge >= 0.3 is 12.0 Å². The Bertz CT molecular complexity index is 919. The lowest BCUT2D eigenvalue weighted by molar-refractivity contribution is -0.146. The molecule has 2 amide bonds. The summed E-state index contributed by atoms with van der Waals surface area (Å²) in [7, 11) is 0. The van der Waals surface area contributed by atoms with Crippen LogP contribution in [0.15, 0.2) is 30.5 Å². The van der Waals surface area contributed by atoms with Gasteiger partial charge in [0.1, 0.15) is 17.4 Å². The smallest absolute Gasteiger partial charge is 0.323 e. The molecule has 0 radical (unpaired) electrons. The molecule has 9 heteroatoms. The highest BCUT2D eigenvalue weighted by atomic mass is 19.1. The lowest BCUT2D eigenvalue weighted by atomic mass is 9.90.